The largest absolute Gasteiger partial charge is 0.443 e. The van der Waals surface area contributed by atoms with Crippen LogP contribution >= 0.6 is 0 Å². The number of aryl methyl sites for hydroxylation is 2. The highest BCUT2D eigenvalue weighted by Gasteiger charge is 2.56. The molecule has 0 spiro atoms. The topological polar surface area (TPSA) is 98.5 Å². The molecule has 1 aromatic heterocycles. The van der Waals surface area contributed by atoms with Crippen molar-refractivity contribution in [1.29, 1.82) is 0 Å². The summed E-state index contributed by atoms with van der Waals surface area (Å²) in [5.74, 6) is 0.608. The van der Waals surface area contributed by atoms with E-state index in [2.05, 4.69) is 5.16 Å². The number of hydrogen-bond acceptors (Lipinski definition) is 6. The third kappa shape index (κ3) is 3.43. The summed E-state index contributed by atoms with van der Waals surface area (Å²) in [4.78, 5) is 11.7. The summed E-state index contributed by atoms with van der Waals surface area (Å²) in [7, 11) is -3.82. The molecule has 1 N–H and O–H groups in total. The average Bonchev–Trinajstić information content (AvgIpc) is 3.04. The van der Waals surface area contributed by atoms with Crippen LogP contribution in [0, 0.1) is 13.8 Å². The molecule has 0 aromatic carbocycles. The smallest absolute Gasteiger partial charge is 0.421 e. The SMILES string of the molecule is Cc1noc(C)c1CC1(S(=O)(=O)NC(=O)OC(C)(C)C)CC1. The average molecular weight is 330 g/mol. The molecule has 1 saturated carbocycles. The van der Waals surface area contributed by atoms with Crippen molar-refractivity contribution >= 4 is 16.1 Å². The van der Waals surface area contributed by atoms with E-state index in [0.717, 1.165) is 5.56 Å². The van der Waals surface area contributed by atoms with Gasteiger partial charge in [-0.25, -0.2) is 17.9 Å². The van der Waals surface area contributed by atoms with Crippen molar-refractivity contribution in [3.05, 3.63) is 17.0 Å². The molecule has 8 heteroatoms. The Balaban J connectivity index is 2.14. The van der Waals surface area contributed by atoms with Gasteiger partial charge in [-0.05, 0) is 53.9 Å². The maximum absolute atomic E-state index is 12.5. The second-order valence-electron chi connectivity index (χ2n) is 6.77. The Kier molecular flexibility index (Phi) is 4.01. The van der Waals surface area contributed by atoms with Crippen molar-refractivity contribution in [2.24, 2.45) is 0 Å². The van der Waals surface area contributed by atoms with Crippen LogP contribution in [0.2, 0.25) is 0 Å². The number of carbonyl (C=O) groups excluding carboxylic acids is 1. The fourth-order valence-electron chi connectivity index (χ4n) is 2.27. The van der Waals surface area contributed by atoms with E-state index >= 15 is 0 Å². The van der Waals surface area contributed by atoms with Crippen LogP contribution in [0.5, 0.6) is 0 Å². The van der Waals surface area contributed by atoms with Gasteiger partial charge in [-0.1, -0.05) is 5.16 Å². The third-order valence-corrected chi connectivity index (χ3v) is 5.80. The first-order valence-electron chi connectivity index (χ1n) is 7.13. The first kappa shape index (κ1) is 16.8. The fraction of sp³-hybridized carbons (Fsp3) is 0.714. The van der Waals surface area contributed by atoms with Crippen molar-refractivity contribution in [2.45, 2.75) is 64.2 Å². The highest BCUT2D eigenvalue weighted by atomic mass is 32.2. The zero-order valence-electron chi connectivity index (χ0n) is 13.5. The number of amides is 1. The Morgan fingerprint density at radius 2 is 1.95 bits per heavy atom. The van der Waals surface area contributed by atoms with E-state index in [-0.39, 0.29) is 6.42 Å². The van der Waals surface area contributed by atoms with E-state index in [1.54, 1.807) is 34.6 Å². The summed E-state index contributed by atoms with van der Waals surface area (Å²) in [6.07, 6.45) is 0.328. The first-order chi connectivity index (χ1) is 9.96. The molecule has 124 valence electrons. The van der Waals surface area contributed by atoms with Crippen LogP contribution < -0.4 is 4.72 Å². The Labute approximate surface area is 130 Å². The molecule has 0 atom stereocenters. The Hall–Kier alpha value is -1.57. The van der Waals surface area contributed by atoms with E-state index in [0.29, 0.717) is 24.3 Å². The van der Waals surface area contributed by atoms with Gasteiger partial charge in [0.1, 0.15) is 11.4 Å². The molecule has 0 saturated heterocycles. The summed E-state index contributed by atoms with van der Waals surface area (Å²) in [5, 5.41) is 3.84. The van der Waals surface area contributed by atoms with Crippen molar-refractivity contribution < 1.29 is 22.5 Å². The number of sulfonamides is 1. The third-order valence-electron chi connectivity index (χ3n) is 3.67. The van der Waals surface area contributed by atoms with Gasteiger partial charge in [0.2, 0.25) is 10.0 Å². The summed E-state index contributed by atoms with van der Waals surface area (Å²) >= 11 is 0. The minimum atomic E-state index is -3.82. The highest BCUT2D eigenvalue weighted by Crippen LogP contribution is 2.46. The molecule has 1 aromatic rings. The molecule has 0 bridgehead atoms. The van der Waals surface area contributed by atoms with Crippen molar-refractivity contribution in [1.82, 2.24) is 9.88 Å². The maximum atomic E-state index is 12.5. The van der Waals surface area contributed by atoms with E-state index in [9.17, 15) is 13.2 Å². The standard InChI is InChI=1S/C14H22N2O5S/c1-9-11(10(2)21-15-9)8-14(6-7-14)22(18,19)16-12(17)20-13(3,4)5/h6-8H2,1-5H3,(H,16,17). The van der Waals surface area contributed by atoms with E-state index < -0.39 is 26.5 Å². The molecular formula is C14H22N2O5S. The van der Waals surface area contributed by atoms with E-state index in [1.807, 2.05) is 4.72 Å². The summed E-state index contributed by atoms with van der Waals surface area (Å²) in [5.41, 5.74) is 0.709. The number of carbonyl (C=O) groups is 1. The van der Waals surface area contributed by atoms with Crippen LogP contribution in [0.4, 0.5) is 4.79 Å². The van der Waals surface area contributed by atoms with Crippen LogP contribution in [-0.2, 0) is 21.2 Å². The second-order valence-corrected chi connectivity index (χ2v) is 8.85. The number of aromatic nitrogens is 1. The Bertz CT molecular complexity index is 661. The maximum Gasteiger partial charge on any atom is 0.421 e. The number of rotatable bonds is 4. The number of nitrogens with one attached hydrogen (secondary N) is 1. The van der Waals surface area contributed by atoms with Crippen LogP contribution in [0.1, 0.15) is 50.6 Å². The molecule has 0 radical (unpaired) electrons. The molecule has 1 aliphatic rings. The minimum Gasteiger partial charge on any atom is -0.443 e. The van der Waals surface area contributed by atoms with Crippen LogP contribution in [0.25, 0.3) is 0 Å². The van der Waals surface area contributed by atoms with Gasteiger partial charge in [0.05, 0.1) is 10.4 Å². The molecule has 0 unspecified atom stereocenters. The summed E-state index contributed by atoms with van der Waals surface area (Å²) in [6.45, 7) is 8.55. The minimum absolute atomic E-state index is 0.284. The van der Waals surface area contributed by atoms with Gasteiger partial charge < -0.3 is 9.26 Å². The van der Waals surface area contributed by atoms with Gasteiger partial charge in [-0.2, -0.15) is 0 Å². The lowest BCUT2D eigenvalue weighted by Crippen LogP contribution is -2.43. The normalized spacial score (nSPS) is 17.1. The Morgan fingerprint density at radius 3 is 2.36 bits per heavy atom. The lowest BCUT2D eigenvalue weighted by Gasteiger charge is -2.22. The molecule has 1 fully saturated rings. The predicted molar refractivity (Wildman–Crippen MR) is 79.9 cm³/mol. The zero-order valence-corrected chi connectivity index (χ0v) is 14.3. The number of ether oxygens (including phenoxy) is 1. The molecule has 1 heterocycles. The zero-order chi connectivity index (χ0) is 16.8. The monoisotopic (exact) mass is 330 g/mol. The molecule has 2 rings (SSSR count). The Morgan fingerprint density at radius 1 is 1.36 bits per heavy atom. The second kappa shape index (κ2) is 5.26. The van der Waals surface area contributed by atoms with Crippen LogP contribution in [-0.4, -0.2) is 30.0 Å². The number of hydrogen-bond donors (Lipinski definition) is 1. The van der Waals surface area contributed by atoms with Crippen LogP contribution in [0.3, 0.4) is 0 Å². The molecular weight excluding hydrogens is 308 g/mol. The predicted octanol–water partition coefficient (Wildman–Crippen LogP) is 2.22. The summed E-state index contributed by atoms with van der Waals surface area (Å²) in [6, 6.07) is 0. The van der Waals surface area contributed by atoms with Gasteiger partial charge >= 0.3 is 6.09 Å². The van der Waals surface area contributed by atoms with Gasteiger partial charge in [0.25, 0.3) is 0 Å². The molecule has 22 heavy (non-hydrogen) atoms. The summed E-state index contributed by atoms with van der Waals surface area (Å²) < 4.78 is 36.1. The molecule has 1 aliphatic carbocycles. The van der Waals surface area contributed by atoms with Gasteiger partial charge in [0.15, 0.2) is 0 Å². The lowest BCUT2D eigenvalue weighted by molar-refractivity contribution is 0.0569. The molecule has 0 aliphatic heterocycles. The van der Waals surface area contributed by atoms with E-state index in [4.69, 9.17) is 9.26 Å². The van der Waals surface area contributed by atoms with Crippen molar-refractivity contribution in [2.75, 3.05) is 0 Å². The lowest BCUT2D eigenvalue weighted by atomic mass is 10.1. The highest BCUT2D eigenvalue weighted by molar-refractivity contribution is 7.91. The fourth-order valence-corrected chi connectivity index (χ4v) is 3.72. The molecule has 1 amide bonds. The van der Waals surface area contributed by atoms with Crippen molar-refractivity contribution in [3.63, 3.8) is 0 Å². The van der Waals surface area contributed by atoms with Gasteiger partial charge in [-0.3, -0.25) is 0 Å². The van der Waals surface area contributed by atoms with E-state index in [1.165, 1.54) is 0 Å². The molecule has 7 nitrogen and oxygen atoms in total. The quantitative estimate of drug-likeness (QED) is 0.909. The van der Waals surface area contributed by atoms with Gasteiger partial charge in [0, 0.05) is 5.56 Å². The number of nitrogens with zero attached hydrogens (tertiary/aromatic N) is 1. The first-order valence-corrected chi connectivity index (χ1v) is 8.61. The van der Waals surface area contributed by atoms with Crippen molar-refractivity contribution in [3.8, 4) is 0 Å². The van der Waals surface area contributed by atoms with Gasteiger partial charge in [-0.15, -0.1) is 0 Å². The van der Waals surface area contributed by atoms with Crippen LogP contribution in [0.15, 0.2) is 4.52 Å².